The monoisotopic (exact) mass is 645 g/mol. The van der Waals surface area contributed by atoms with Crippen LogP contribution in [0.4, 0.5) is 11.4 Å². The maximum atomic E-state index is 11.7. The molecule has 0 saturated carbocycles. The van der Waals surface area contributed by atoms with Crippen LogP contribution in [-0.4, -0.2) is 19.8 Å². The van der Waals surface area contributed by atoms with Crippen LogP contribution in [0.15, 0.2) is 60.7 Å². The number of fused-ring (bicyclic) bond motifs is 10. The van der Waals surface area contributed by atoms with Gasteiger partial charge in [-0.25, -0.2) is 5.56 Å². The van der Waals surface area contributed by atoms with E-state index < -0.39 is 9.85 Å². The first kappa shape index (κ1) is 24.4. The molecule has 8 nitrogen and oxygen atoms in total. The summed E-state index contributed by atoms with van der Waals surface area (Å²) < 4.78 is 0. The summed E-state index contributed by atoms with van der Waals surface area (Å²) in [5.74, 6) is 0. The molecule has 0 N–H and O–H groups in total. The van der Waals surface area contributed by atoms with Crippen molar-refractivity contribution in [1.29, 1.82) is 0 Å². The van der Waals surface area contributed by atoms with Gasteiger partial charge in [-0.15, -0.1) is 17.2 Å². The van der Waals surface area contributed by atoms with Crippen molar-refractivity contribution in [3.05, 3.63) is 116 Å². The number of aryl methyl sites for hydroxylation is 4. The average molecular weight is 646 g/mol. The van der Waals surface area contributed by atoms with E-state index in [4.69, 9.17) is 9.97 Å². The van der Waals surface area contributed by atoms with Crippen LogP contribution in [0.25, 0.3) is 22.4 Å². The Hall–Kier alpha value is -3.77. The molecule has 4 aromatic rings. The van der Waals surface area contributed by atoms with E-state index in [1.54, 1.807) is 6.07 Å². The molecule has 0 atom stereocenters. The number of aromatic nitrogens is 2. The first-order valence-electron chi connectivity index (χ1n) is 10.8. The molecular formula is C26H18N4O4Pt. The first-order valence-corrected chi connectivity index (χ1v) is 10.8. The second kappa shape index (κ2) is 10.2. The molecule has 1 aliphatic rings. The fraction of sp³-hybridized carbons (Fsp3) is 0.154. The van der Waals surface area contributed by atoms with Gasteiger partial charge in [-0.2, -0.15) is 17.7 Å². The molecule has 176 valence electrons. The molecule has 0 fully saturated rings. The summed E-state index contributed by atoms with van der Waals surface area (Å²) in [6.07, 6.45) is 2.45. The standard InChI is InChI=1S/C26H18N4O4.Pt/c31-29(32)24-12-17-7-8-21-3-1-4-22(27-21)9-10-23-5-2-6-26(28-23)20-13-19(18(11-17)14-24)15-25(16-20)30(33)34;/h1-6,12,14-16H,7-10H2;/q-2;+2. The zero-order valence-corrected chi connectivity index (χ0v) is 20.6. The van der Waals surface area contributed by atoms with Crippen molar-refractivity contribution < 1.29 is 30.9 Å². The van der Waals surface area contributed by atoms with Crippen molar-refractivity contribution in [3.63, 3.8) is 0 Å². The molecule has 0 amide bonds. The Bertz CT molecular complexity index is 1440. The van der Waals surface area contributed by atoms with E-state index in [0.29, 0.717) is 53.6 Å². The number of benzene rings is 2. The second-order valence-corrected chi connectivity index (χ2v) is 8.09. The Kier molecular flexibility index (Phi) is 7.12. The van der Waals surface area contributed by atoms with E-state index in [-0.39, 0.29) is 32.4 Å². The minimum Gasteiger partial charge on any atom is -0.292 e. The van der Waals surface area contributed by atoms with Gasteiger partial charge in [0.25, 0.3) is 0 Å². The number of non-ortho nitro benzene ring substituents is 2. The number of hydrogen-bond donors (Lipinski definition) is 0. The van der Waals surface area contributed by atoms with Crippen molar-refractivity contribution in [3.8, 4) is 22.4 Å². The number of nitro groups is 2. The van der Waals surface area contributed by atoms with Gasteiger partial charge >= 0.3 is 21.1 Å². The molecule has 0 radical (unpaired) electrons. The number of pyridine rings is 2. The van der Waals surface area contributed by atoms with Crippen LogP contribution in [-0.2, 0) is 46.7 Å². The van der Waals surface area contributed by atoms with Crippen LogP contribution >= 0.6 is 0 Å². The van der Waals surface area contributed by atoms with Crippen molar-refractivity contribution in [2.75, 3.05) is 0 Å². The minimum atomic E-state index is -0.487. The van der Waals surface area contributed by atoms with Crippen molar-refractivity contribution in [2.24, 2.45) is 0 Å². The molecule has 2 aromatic heterocycles. The molecule has 5 rings (SSSR count). The van der Waals surface area contributed by atoms with E-state index in [9.17, 15) is 20.2 Å². The molecule has 2 aromatic carbocycles. The summed E-state index contributed by atoms with van der Waals surface area (Å²) >= 11 is 0. The van der Waals surface area contributed by atoms with Crippen LogP contribution in [0.3, 0.4) is 0 Å². The molecule has 8 bridgehead atoms. The average Bonchev–Trinajstić information content (AvgIpc) is 2.85. The smallest absolute Gasteiger partial charge is 0.292 e. The molecule has 35 heavy (non-hydrogen) atoms. The molecule has 9 heteroatoms. The Morgan fingerprint density at radius 1 is 0.657 bits per heavy atom. The Labute approximate surface area is 215 Å². The van der Waals surface area contributed by atoms with Crippen LogP contribution in [0.1, 0.15) is 22.6 Å². The van der Waals surface area contributed by atoms with Gasteiger partial charge in [0.1, 0.15) is 0 Å². The van der Waals surface area contributed by atoms with Crippen LogP contribution in [0.5, 0.6) is 0 Å². The Balaban J connectivity index is 0.00000289. The molecule has 0 spiro atoms. The van der Waals surface area contributed by atoms with Crippen molar-refractivity contribution >= 4 is 11.4 Å². The summed E-state index contributed by atoms with van der Waals surface area (Å²) in [5.41, 5.74) is 4.76. The number of nitro benzene ring substituents is 2. The fourth-order valence-corrected chi connectivity index (χ4v) is 4.04. The topological polar surface area (TPSA) is 112 Å². The summed E-state index contributed by atoms with van der Waals surface area (Å²) in [6, 6.07) is 23.4. The quantitative estimate of drug-likeness (QED) is 0.170. The summed E-state index contributed by atoms with van der Waals surface area (Å²) in [6.45, 7) is 0. The molecule has 1 aliphatic heterocycles. The van der Waals surface area contributed by atoms with Crippen molar-refractivity contribution in [1.82, 2.24) is 9.97 Å². The second-order valence-electron chi connectivity index (χ2n) is 8.09. The van der Waals surface area contributed by atoms with Crippen LogP contribution < -0.4 is 0 Å². The van der Waals surface area contributed by atoms with Gasteiger partial charge in [-0.05, 0) is 49.9 Å². The summed E-state index contributed by atoms with van der Waals surface area (Å²) in [7, 11) is 0. The van der Waals surface area contributed by atoms with Gasteiger partial charge in [0.15, 0.2) is 11.4 Å². The van der Waals surface area contributed by atoms with E-state index in [1.807, 2.05) is 30.3 Å². The number of nitrogens with zero attached hydrogens (tertiary/aromatic N) is 4. The van der Waals surface area contributed by atoms with Gasteiger partial charge in [0.05, 0.1) is 0 Å². The zero-order chi connectivity index (χ0) is 23.7. The molecule has 0 aliphatic carbocycles. The van der Waals surface area contributed by atoms with Gasteiger partial charge in [-0.3, -0.25) is 30.2 Å². The SMILES string of the molecule is O=[N+]([O-])c1cc2[c-]c(c1)-c1[c-]c(cc([N+](=O)[O-])c1)-c1cccc(n1)CCc1cccc(n1)CC2.[Pt+2]. The first-order chi connectivity index (χ1) is 16.4. The predicted octanol–water partition coefficient (Wildman–Crippen LogP) is 5.11. The third-order valence-corrected chi connectivity index (χ3v) is 5.71. The molecular weight excluding hydrogens is 627 g/mol. The van der Waals surface area contributed by atoms with Crippen LogP contribution in [0, 0.1) is 32.4 Å². The van der Waals surface area contributed by atoms with Gasteiger partial charge in [0, 0.05) is 32.6 Å². The fourth-order valence-electron chi connectivity index (χ4n) is 4.04. The minimum absolute atomic E-state index is 0. The number of hydrogen-bond acceptors (Lipinski definition) is 6. The van der Waals surface area contributed by atoms with Crippen LogP contribution in [0.2, 0.25) is 0 Å². The normalized spacial score (nSPS) is 12.3. The van der Waals surface area contributed by atoms with E-state index in [0.717, 1.165) is 17.1 Å². The third-order valence-electron chi connectivity index (χ3n) is 5.71. The largest absolute Gasteiger partial charge is 2.00 e. The Morgan fingerprint density at radius 3 is 1.83 bits per heavy atom. The molecule has 0 unspecified atom stereocenters. The molecule has 3 heterocycles. The molecule has 0 saturated heterocycles. The maximum Gasteiger partial charge on any atom is 2.00 e. The number of rotatable bonds is 2. The summed E-state index contributed by atoms with van der Waals surface area (Å²) in [5, 5.41) is 23.3. The van der Waals surface area contributed by atoms with E-state index in [2.05, 4.69) is 12.1 Å². The van der Waals surface area contributed by atoms with E-state index >= 15 is 0 Å². The predicted molar refractivity (Wildman–Crippen MR) is 125 cm³/mol. The van der Waals surface area contributed by atoms with Gasteiger partial charge in [-0.1, -0.05) is 30.3 Å². The van der Waals surface area contributed by atoms with E-state index in [1.165, 1.54) is 24.3 Å². The third kappa shape index (κ3) is 5.49. The van der Waals surface area contributed by atoms with Gasteiger partial charge < -0.3 is 0 Å². The maximum absolute atomic E-state index is 11.7. The zero-order valence-electron chi connectivity index (χ0n) is 18.3. The van der Waals surface area contributed by atoms with Crippen molar-refractivity contribution in [2.45, 2.75) is 25.7 Å². The Morgan fingerprint density at radius 2 is 1.17 bits per heavy atom. The van der Waals surface area contributed by atoms with Gasteiger partial charge in [0.2, 0.25) is 0 Å². The summed E-state index contributed by atoms with van der Waals surface area (Å²) in [4.78, 5) is 31.8.